The highest BCUT2D eigenvalue weighted by Gasteiger charge is 2.33. The van der Waals surface area contributed by atoms with Gasteiger partial charge in [0, 0.05) is 52.9 Å². The lowest BCUT2D eigenvalue weighted by molar-refractivity contribution is -0.127. The van der Waals surface area contributed by atoms with Crippen molar-refractivity contribution in [2.45, 2.75) is 17.5 Å². The Hall–Kier alpha value is -3.42. The minimum atomic E-state index is -0.753. The van der Waals surface area contributed by atoms with Crippen LogP contribution in [0.3, 0.4) is 0 Å². The van der Waals surface area contributed by atoms with Gasteiger partial charge in [0.15, 0.2) is 0 Å². The number of halogens is 3. The first kappa shape index (κ1) is 23.3. The molecule has 7 nitrogen and oxygen atoms in total. The maximum atomic E-state index is 14.7. The van der Waals surface area contributed by atoms with Crippen molar-refractivity contribution in [1.29, 1.82) is 5.26 Å². The summed E-state index contributed by atoms with van der Waals surface area (Å²) in [5.74, 6) is -0.890. The van der Waals surface area contributed by atoms with Crippen LogP contribution in [0.2, 0.25) is 5.02 Å². The molecule has 5 rings (SSSR count). The number of thioether (sulfide) groups is 1. The van der Waals surface area contributed by atoms with Gasteiger partial charge in [0.1, 0.15) is 23.5 Å². The number of carbonyl (C=O) groups excluding carboxylic acids is 1. The van der Waals surface area contributed by atoms with Gasteiger partial charge in [0.2, 0.25) is 5.91 Å². The van der Waals surface area contributed by atoms with E-state index in [4.69, 9.17) is 11.6 Å². The van der Waals surface area contributed by atoms with E-state index in [2.05, 4.69) is 17.6 Å². The van der Waals surface area contributed by atoms with E-state index in [1.807, 2.05) is 0 Å². The molecular weight excluding hydrogens is 496 g/mol. The van der Waals surface area contributed by atoms with Crippen LogP contribution in [0, 0.1) is 23.0 Å². The lowest BCUT2D eigenvalue weighted by Gasteiger charge is -2.39. The van der Waals surface area contributed by atoms with E-state index in [-0.39, 0.29) is 29.6 Å². The summed E-state index contributed by atoms with van der Waals surface area (Å²) in [4.78, 5) is 33.3. The maximum Gasteiger partial charge on any atom is 0.350 e. The lowest BCUT2D eigenvalue weighted by Crippen LogP contribution is -2.55. The van der Waals surface area contributed by atoms with E-state index < -0.39 is 23.4 Å². The number of amides is 1. The SMILES string of the molecule is C=CC(=O)N1CCN(c2nc(=O)n3c4c(c(-c5ccc(F)cc5F)c(Cl)cc24)SCC3)C[C@H]1C#N. The zero-order valence-corrected chi connectivity index (χ0v) is 19.9. The van der Waals surface area contributed by atoms with Crippen LogP contribution in [0.1, 0.15) is 0 Å². The number of rotatable bonds is 3. The molecule has 1 amide bonds. The molecule has 0 bridgehead atoms. The van der Waals surface area contributed by atoms with Gasteiger partial charge in [0.05, 0.1) is 23.2 Å². The Labute approximate surface area is 208 Å². The van der Waals surface area contributed by atoms with Gasteiger partial charge >= 0.3 is 5.69 Å². The predicted octanol–water partition coefficient (Wildman–Crippen LogP) is 3.83. The molecule has 0 saturated carbocycles. The van der Waals surface area contributed by atoms with E-state index in [0.29, 0.717) is 46.0 Å². The van der Waals surface area contributed by atoms with Gasteiger partial charge in [-0.25, -0.2) is 13.6 Å². The van der Waals surface area contributed by atoms with E-state index >= 15 is 0 Å². The summed E-state index contributed by atoms with van der Waals surface area (Å²) in [7, 11) is 0. The fourth-order valence-electron chi connectivity index (χ4n) is 4.60. The Morgan fingerprint density at radius 3 is 2.80 bits per heavy atom. The molecule has 0 aliphatic carbocycles. The number of aromatic nitrogens is 2. The van der Waals surface area contributed by atoms with Crippen LogP contribution < -0.4 is 10.6 Å². The van der Waals surface area contributed by atoms with Gasteiger partial charge < -0.3 is 9.80 Å². The summed E-state index contributed by atoms with van der Waals surface area (Å²) < 4.78 is 29.8. The van der Waals surface area contributed by atoms with Crippen LogP contribution in [0.4, 0.5) is 14.6 Å². The number of hydrogen-bond donors (Lipinski definition) is 0. The second kappa shape index (κ2) is 8.98. The molecule has 0 N–H and O–H groups in total. The Balaban J connectivity index is 1.70. The van der Waals surface area contributed by atoms with Crippen molar-refractivity contribution in [2.75, 3.05) is 30.3 Å². The summed E-state index contributed by atoms with van der Waals surface area (Å²) in [5.41, 5.74) is 0.626. The minimum absolute atomic E-state index is 0.140. The van der Waals surface area contributed by atoms with Crippen molar-refractivity contribution in [1.82, 2.24) is 14.5 Å². The third-order valence-corrected chi connectivity index (χ3v) is 7.57. The van der Waals surface area contributed by atoms with E-state index in [1.54, 1.807) is 11.0 Å². The second-order valence-corrected chi connectivity index (χ2v) is 9.64. The van der Waals surface area contributed by atoms with Crippen molar-refractivity contribution in [3.05, 3.63) is 64.1 Å². The molecule has 2 aliphatic rings. The summed E-state index contributed by atoms with van der Waals surface area (Å²) >= 11 is 8.12. The molecule has 1 aromatic heterocycles. The number of benzene rings is 2. The zero-order chi connectivity index (χ0) is 24.9. The fraction of sp³-hybridized carbons (Fsp3) is 0.250. The summed E-state index contributed by atoms with van der Waals surface area (Å²) in [6.45, 7) is 4.65. The predicted molar refractivity (Wildman–Crippen MR) is 131 cm³/mol. The number of piperazine rings is 1. The van der Waals surface area contributed by atoms with E-state index in [1.165, 1.54) is 33.4 Å². The van der Waals surface area contributed by atoms with Gasteiger partial charge in [-0.05, 0) is 24.3 Å². The van der Waals surface area contributed by atoms with Crippen molar-refractivity contribution in [3.8, 4) is 17.2 Å². The van der Waals surface area contributed by atoms with Gasteiger partial charge in [-0.15, -0.1) is 11.8 Å². The lowest BCUT2D eigenvalue weighted by atomic mass is 10.0. The van der Waals surface area contributed by atoms with Crippen LogP contribution >= 0.6 is 23.4 Å². The third kappa shape index (κ3) is 3.85. The maximum absolute atomic E-state index is 14.7. The molecule has 178 valence electrons. The van der Waals surface area contributed by atoms with Crippen molar-refractivity contribution < 1.29 is 13.6 Å². The molecule has 3 aromatic rings. The van der Waals surface area contributed by atoms with Gasteiger partial charge in [0.25, 0.3) is 0 Å². The van der Waals surface area contributed by atoms with Gasteiger partial charge in [-0.1, -0.05) is 18.2 Å². The summed E-state index contributed by atoms with van der Waals surface area (Å²) in [6.07, 6.45) is 1.17. The van der Waals surface area contributed by atoms with Crippen LogP contribution in [-0.2, 0) is 11.3 Å². The molecule has 0 unspecified atom stereocenters. The Morgan fingerprint density at radius 2 is 2.09 bits per heavy atom. The zero-order valence-electron chi connectivity index (χ0n) is 18.3. The molecule has 35 heavy (non-hydrogen) atoms. The molecule has 2 aromatic carbocycles. The summed E-state index contributed by atoms with van der Waals surface area (Å²) in [5, 5.41) is 10.5. The number of nitrogens with zero attached hydrogens (tertiary/aromatic N) is 5. The molecule has 0 radical (unpaired) electrons. The Kier molecular flexibility index (Phi) is 5.99. The smallest absolute Gasteiger partial charge is 0.350 e. The molecule has 1 saturated heterocycles. The normalized spacial score (nSPS) is 17.4. The first-order chi connectivity index (χ1) is 16.8. The third-order valence-electron chi connectivity index (χ3n) is 6.20. The highest BCUT2D eigenvalue weighted by Crippen LogP contribution is 2.46. The fourth-order valence-corrected chi connectivity index (χ4v) is 6.16. The molecule has 2 aliphatic heterocycles. The molecule has 11 heteroatoms. The average Bonchev–Trinajstić information content (AvgIpc) is 2.86. The highest BCUT2D eigenvalue weighted by atomic mass is 35.5. The second-order valence-electron chi connectivity index (χ2n) is 8.13. The molecule has 1 atom stereocenters. The number of nitriles is 1. The number of hydrogen-bond acceptors (Lipinski definition) is 6. The quantitative estimate of drug-likeness (QED) is 0.495. The van der Waals surface area contributed by atoms with E-state index in [0.717, 1.165) is 12.1 Å². The van der Waals surface area contributed by atoms with Crippen molar-refractivity contribution in [2.24, 2.45) is 0 Å². The first-order valence-electron chi connectivity index (χ1n) is 10.8. The monoisotopic (exact) mass is 513 g/mol. The van der Waals surface area contributed by atoms with Crippen LogP contribution in [0.5, 0.6) is 0 Å². The minimum Gasteiger partial charge on any atom is -0.351 e. The largest absolute Gasteiger partial charge is 0.351 e. The highest BCUT2D eigenvalue weighted by molar-refractivity contribution is 7.99. The molecule has 1 fully saturated rings. The number of carbonyl (C=O) groups is 1. The van der Waals surface area contributed by atoms with Crippen molar-refractivity contribution >= 4 is 46.0 Å². The molecular formula is C24H18ClF2N5O2S. The molecule has 3 heterocycles. The van der Waals surface area contributed by atoms with Crippen LogP contribution in [0.25, 0.3) is 22.0 Å². The first-order valence-corrected chi connectivity index (χ1v) is 12.1. The number of aryl methyl sites for hydroxylation is 1. The van der Waals surface area contributed by atoms with Crippen LogP contribution in [-0.4, -0.2) is 51.8 Å². The van der Waals surface area contributed by atoms with Crippen LogP contribution in [0.15, 0.2) is 46.6 Å². The van der Waals surface area contributed by atoms with Gasteiger partial charge in [-0.2, -0.15) is 10.2 Å². The summed E-state index contributed by atoms with van der Waals surface area (Å²) in [6, 6.07) is 6.31. The van der Waals surface area contributed by atoms with Gasteiger partial charge in [-0.3, -0.25) is 9.36 Å². The molecule has 0 spiro atoms. The Bertz CT molecular complexity index is 1500. The van der Waals surface area contributed by atoms with E-state index in [9.17, 15) is 23.6 Å². The number of anilines is 1. The average molecular weight is 514 g/mol. The Morgan fingerprint density at radius 1 is 1.29 bits per heavy atom. The standard InChI is InChI=1S/C24H18ClF2N5O2S/c1-2-19(33)31-6-5-30(12-14(31)11-28)23-16-10-17(25)20(15-4-3-13(26)9-18(15)27)22-21(16)32(7-8-35-22)24(34)29-23/h2-4,9-10,14H,1,5-8,12H2/t14-/m1/s1. The topological polar surface area (TPSA) is 82.2 Å². The van der Waals surface area contributed by atoms with Crippen molar-refractivity contribution in [3.63, 3.8) is 0 Å².